The van der Waals surface area contributed by atoms with Crippen LogP contribution in [-0.2, 0) is 0 Å². The first-order chi connectivity index (χ1) is 9.52. The molecular formula is C16H23NO3. The fourth-order valence-corrected chi connectivity index (χ4v) is 4.25. The van der Waals surface area contributed by atoms with Crippen LogP contribution in [-0.4, -0.2) is 17.9 Å². The zero-order chi connectivity index (χ0) is 14.4. The van der Waals surface area contributed by atoms with Crippen LogP contribution in [0.1, 0.15) is 45.1 Å². The summed E-state index contributed by atoms with van der Waals surface area (Å²) in [5.74, 6) is 2.68. The lowest BCUT2D eigenvalue weighted by molar-refractivity contribution is 0.0387. The lowest BCUT2D eigenvalue weighted by Gasteiger charge is -2.45. The minimum Gasteiger partial charge on any atom is -0.490 e. The minimum absolute atomic E-state index is 0.0618. The van der Waals surface area contributed by atoms with Gasteiger partial charge in [0.2, 0.25) is 0 Å². The molecule has 5 atom stereocenters. The highest BCUT2D eigenvalue weighted by Gasteiger charge is 2.44. The Morgan fingerprint density at radius 2 is 2.05 bits per heavy atom. The van der Waals surface area contributed by atoms with Gasteiger partial charge >= 0.3 is 0 Å². The molecular weight excluding hydrogens is 254 g/mol. The van der Waals surface area contributed by atoms with E-state index in [1.165, 1.54) is 18.3 Å². The molecule has 4 nitrogen and oxygen atoms in total. The normalized spacial score (nSPS) is 35.7. The van der Waals surface area contributed by atoms with Crippen molar-refractivity contribution >= 4 is 0 Å². The van der Waals surface area contributed by atoms with Gasteiger partial charge in [-0.15, -0.1) is 0 Å². The second kappa shape index (κ2) is 4.83. The second-order valence-electron chi connectivity index (χ2n) is 6.47. The molecule has 1 fully saturated rings. The van der Waals surface area contributed by atoms with Gasteiger partial charge in [0.15, 0.2) is 0 Å². The van der Waals surface area contributed by atoms with E-state index in [0.717, 1.165) is 17.7 Å². The third-order valence-corrected chi connectivity index (χ3v) is 5.03. The van der Waals surface area contributed by atoms with Gasteiger partial charge in [0.1, 0.15) is 12.9 Å². The Balaban J connectivity index is 2.13. The molecule has 0 amide bonds. The molecule has 2 aliphatic rings. The van der Waals surface area contributed by atoms with E-state index in [0.29, 0.717) is 23.7 Å². The van der Waals surface area contributed by atoms with Crippen LogP contribution < -0.4 is 15.1 Å². The van der Waals surface area contributed by atoms with Crippen LogP contribution in [0.25, 0.3) is 0 Å². The molecule has 1 aromatic heterocycles. The smallest absolute Gasteiger partial charge is 0.290 e. The number of hydrogen-bond donors (Lipinski definition) is 0. The summed E-state index contributed by atoms with van der Waals surface area (Å²) in [6, 6.07) is 1.86. The molecule has 1 aromatic rings. The Hall–Kier alpha value is -1.45. The summed E-state index contributed by atoms with van der Waals surface area (Å²) in [4.78, 5) is 17.7. The molecule has 0 radical (unpaired) electrons. The maximum atomic E-state index is 12.6. The van der Waals surface area contributed by atoms with Crippen molar-refractivity contribution in [1.29, 1.82) is 0 Å². The Labute approximate surface area is 119 Å². The maximum Gasteiger partial charge on any atom is 0.290 e. The highest BCUT2D eigenvalue weighted by molar-refractivity contribution is 5.37. The highest BCUT2D eigenvalue weighted by atomic mass is 16.6. The van der Waals surface area contributed by atoms with Gasteiger partial charge in [0, 0.05) is 17.9 Å². The molecule has 3 rings (SSSR count). The molecule has 20 heavy (non-hydrogen) atoms. The van der Waals surface area contributed by atoms with E-state index in [1.54, 1.807) is 6.20 Å². The van der Waals surface area contributed by atoms with Crippen LogP contribution in [0.15, 0.2) is 17.1 Å². The average Bonchev–Trinajstić information content (AvgIpc) is 2.39. The summed E-state index contributed by atoms with van der Waals surface area (Å²) in [5.41, 5.74) is 0.755. The third kappa shape index (κ3) is 1.93. The number of aromatic nitrogens is 1. The summed E-state index contributed by atoms with van der Waals surface area (Å²) in [7, 11) is 1.52. The Bertz CT molecular complexity index is 565. The first-order valence-electron chi connectivity index (χ1n) is 7.49. The predicted molar refractivity (Wildman–Crippen MR) is 77.1 cm³/mol. The van der Waals surface area contributed by atoms with Crippen molar-refractivity contribution in [3.63, 3.8) is 0 Å². The van der Waals surface area contributed by atoms with Gasteiger partial charge in [-0.25, -0.2) is 0 Å². The fraction of sp³-hybridized carbons (Fsp3) is 0.688. The molecule has 2 heterocycles. The SMILES string of the molecule is COn1ccc2c(c1=O)[C@H]1[C@@H](C[C@H](C)C[C@@H]1C)[C@H](C)O2. The van der Waals surface area contributed by atoms with E-state index in [-0.39, 0.29) is 11.7 Å². The van der Waals surface area contributed by atoms with E-state index in [2.05, 4.69) is 20.8 Å². The molecule has 0 unspecified atom stereocenters. The Kier molecular flexibility index (Phi) is 3.27. The van der Waals surface area contributed by atoms with Gasteiger partial charge in [-0.3, -0.25) is 4.79 Å². The van der Waals surface area contributed by atoms with Crippen LogP contribution in [0.4, 0.5) is 0 Å². The molecule has 0 saturated heterocycles. The van der Waals surface area contributed by atoms with Crippen molar-refractivity contribution in [1.82, 2.24) is 4.73 Å². The summed E-state index contributed by atoms with van der Waals surface area (Å²) in [5, 5.41) is 0. The van der Waals surface area contributed by atoms with E-state index in [1.807, 2.05) is 6.07 Å². The van der Waals surface area contributed by atoms with Crippen molar-refractivity contribution in [3.05, 3.63) is 28.2 Å². The molecule has 110 valence electrons. The fourth-order valence-electron chi connectivity index (χ4n) is 4.25. The number of ether oxygens (including phenoxy) is 1. The number of hydrogen-bond acceptors (Lipinski definition) is 3. The van der Waals surface area contributed by atoms with Gasteiger partial charge < -0.3 is 9.57 Å². The lowest BCUT2D eigenvalue weighted by Crippen LogP contribution is -2.45. The molecule has 0 spiro atoms. The number of pyridine rings is 1. The van der Waals surface area contributed by atoms with Crippen LogP contribution in [0.3, 0.4) is 0 Å². The van der Waals surface area contributed by atoms with E-state index in [9.17, 15) is 4.79 Å². The standard InChI is InChI=1S/C16H23NO3/c1-9-7-10(2)14-12(8-9)11(3)20-13-5-6-17(19-4)16(18)15(13)14/h5-6,9-12,14H,7-8H2,1-4H3/t9-,10+,11+,12+,14-/m1/s1. The van der Waals surface area contributed by atoms with E-state index >= 15 is 0 Å². The number of nitrogens with zero attached hydrogens (tertiary/aromatic N) is 1. The van der Waals surface area contributed by atoms with Gasteiger partial charge in [-0.2, -0.15) is 4.73 Å². The van der Waals surface area contributed by atoms with Crippen molar-refractivity contribution in [2.75, 3.05) is 7.11 Å². The maximum absolute atomic E-state index is 12.6. The van der Waals surface area contributed by atoms with Crippen LogP contribution >= 0.6 is 0 Å². The molecule has 4 heteroatoms. The van der Waals surface area contributed by atoms with Crippen LogP contribution in [0.5, 0.6) is 5.75 Å². The van der Waals surface area contributed by atoms with Gasteiger partial charge in [-0.05, 0) is 31.6 Å². The van der Waals surface area contributed by atoms with Crippen molar-refractivity contribution in [2.45, 2.75) is 45.6 Å². The number of rotatable bonds is 1. The molecule has 1 aliphatic carbocycles. The number of fused-ring (bicyclic) bond motifs is 3. The van der Waals surface area contributed by atoms with Crippen molar-refractivity contribution in [2.24, 2.45) is 17.8 Å². The van der Waals surface area contributed by atoms with Crippen LogP contribution in [0, 0.1) is 17.8 Å². The molecule has 0 bridgehead atoms. The summed E-state index contributed by atoms with van der Waals surface area (Å²) in [6.07, 6.45) is 4.13. The topological polar surface area (TPSA) is 40.5 Å². The molecule has 0 N–H and O–H groups in total. The first-order valence-corrected chi connectivity index (χ1v) is 7.49. The average molecular weight is 277 g/mol. The summed E-state index contributed by atoms with van der Waals surface area (Å²) in [6.45, 7) is 6.69. The van der Waals surface area contributed by atoms with Crippen molar-refractivity contribution in [3.8, 4) is 5.75 Å². The van der Waals surface area contributed by atoms with Crippen LogP contribution in [0.2, 0.25) is 0 Å². The summed E-state index contributed by atoms with van der Waals surface area (Å²) < 4.78 is 7.31. The zero-order valence-corrected chi connectivity index (χ0v) is 12.6. The lowest BCUT2D eigenvalue weighted by atomic mass is 9.64. The van der Waals surface area contributed by atoms with Gasteiger partial charge in [0.05, 0.1) is 17.9 Å². The largest absolute Gasteiger partial charge is 0.490 e. The zero-order valence-electron chi connectivity index (χ0n) is 12.6. The second-order valence-corrected chi connectivity index (χ2v) is 6.47. The van der Waals surface area contributed by atoms with Gasteiger partial charge in [-0.1, -0.05) is 13.8 Å². The van der Waals surface area contributed by atoms with Crippen molar-refractivity contribution < 1.29 is 9.57 Å². The highest BCUT2D eigenvalue weighted by Crippen LogP contribution is 2.50. The summed E-state index contributed by atoms with van der Waals surface area (Å²) >= 11 is 0. The molecule has 1 saturated carbocycles. The van der Waals surface area contributed by atoms with E-state index < -0.39 is 0 Å². The predicted octanol–water partition coefficient (Wildman–Crippen LogP) is 2.45. The molecule has 0 aromatic carbocycles. The van der Waals surface area contributed by atoms with E-state index in [4.69, 9.17) is 9.57 Å². The van der Waals surface area contributed by atoms with Gasteiger partial charge in [0.25, 0.3) is 5.56 Å². The third-order valence-electron chi connectivity index (χ3n) is 5.03. The quantitative estimate of drug-likeness (QED) is 0.791. The Morgan fingerprint density at radius 3 is 2.75 bits per heavy atom. The monoisotopic (exact) mass is 277 g/mol. The first kappa shape index (κ1) is 13.5. The molecule has 1 aliphatic heterocycles. The minimum atomic E-state index is -0.0618. The Morgan fingerprint density at radius 1 is 1.30 bits per heavy atom.